The van der Waals surface area contributed by atoms with E-state index in [2.05, 4.69) is 22.7 Å². The smallest absolute Gasteiger partial charge is 0.0762 e. The number of nitrogens with one attached hydrogen (secondary N) is 1. The summed E-state index contributed by atoms with van der Waals surface area (Å²) < 4.78 is 7.30. The Kier molecular flexibility index (Phi) is 4.36. The molecule has 0 spiro atoms. The van der Waals surface area contributed by atoms with Crippen LogP contribution in [0.25, 0.3) is 0 Å². The van der Waals surface area contributed by atoms with Crippen molar-refractivity contribution in [1.82, 2.24) is 15.1 Å². The van der Waals surface area contributed by atoms with Gasteiger partial charge in [-0.05, 0) is 32.3 Å². The highest BCUT2D eigenvalue weighted by Gasteiger charge is 2.20. The molecule has 1 aromatic heterocycles. The van der Waals surface area contributed by atoms with Gasteiger partial charge in [0.25, 0.3) is 0 Å². The predicted molar refractivity (Wildman–Crippen MR) is 63.2 cm³/mol. The molecule has 0 atom stereocenters. The zero-order valence-corrected chi connectivity index (χ0v) is 9.98. The molecular formula is C12H21N3O. The van der Waals surface area contributed by atoms with Gasteiger partial charge in [0.1, 0.15) is 0 Å². The fourth-order valence-corrected chi connectivity index (χ4v) is 1.63. The van der Waals surface area contributed by atoms with Gasteiger partial charge in [-0.3, -0.25) is 4.68 Å². The lowest BCUT2D eigenvalue weighted by molar-refractivity contribution is 0.140. The van der Waals surface area contributed by atoms with Crippen LogP contribution in [0.1, 0.15) is 31.9 Å². The summed E-state index contributed by atoms with van der Waals surface area (Å²) in [5, 5.41) is 7.97. The Morgan fingerprint density at radius 1 is 1.56 bits per heavy atom. The minimum absolute atomic E-state index is 0.753. The van der Waals surface area contributed by atoms with Gasteiger partial charge in [0.05, 0.1) is 5.69 Å². The standard InChI is InChI=1S/C12H21N3O/c1-2-16-9-3-7-15-8-6-12(14-15)10-13-11-4-5-11/h6,8,11,13H,2-5,7,9-10H2,1H3. The van der Waals surface area contributed by atoms with Crippen molar-refractivity contribution in [1.29, 1.82) is 0 Å². The Bertz CT molecular complexity index is 307. The van der Waals surface area contributed by atoms with Crippen molar-refractivity contribution in [3.05, 3.63) is 18.0 Å². The van der Waals surface area contributed by atoms with E-state index in [1.807, 2.05) is 11.6 Å². The molecule has 1 fully saturated rings. The van der Waals surface area contributed by atoms with Crippen LogP contribution in [-0.4, -0.2) is 29.0 Å². The first-order chi connectivity index (χ1) is 7.88. The van der Waals surface area contributed by atoms with E-state index in [1.165, 1.54) is 12.8 Å². The summed E-state index contributed by atoms with van der Waals surface area (Å²) in [6.45, 7) is 5.50. The van der Waals surface area contributed by atoms with Gasteiger partial charge < -0.3 is 10.1 Å². The SMILES string of the molecule is CCOCCCn1ccc(CNC2CC2)n1. The lowest BCUT2D eigenvalue weighted by Crippen LogP contribution is -2.16. The van der Waals surface area contributed by atoms with Crippen LogP contribution < -0.4 is 5.32 Å². The summed E-state index contributed by atoms with van der Waals surface area (Å²) in [7, 11) is 0. The summed E-state index contributed by atoms with van der Waals surface area (Å²) in [5.41, 5.74) is 1.14. The van der Waals surface area contributed by atoms with E-state index < -0.39 is 0 Å². The first kappa shape index (κ1) is 11.6. The number of rotatable bonds is 8. The van der Waals surface area contributed by atoms with Gasteiger partial charge in [0.15, 0.2) is 0 Å². The number of aromatic nitrogens is 2. The summed E-state index contributed by atoms with van der Waals surface area (Å²) in [5.74, 6) is 0. The second-order valence-corrected chi connectivity index (χ2v) is 4.28. The molecule has 1 heterocycles. The van der Waals surface area contributed by atoms with E-state index in [1.54, 1.807) is 0 Å². The van der Waals surface area contributed by atoms with Crippen molar-refractivity contribution in [2.75, 3.05) is 13.2 Å². The molecule has 1 saturated carbocycles. The van der Waals surface area contributed by atoms with Crippen molar-refractivity contribution in [2.24, 2.45) is 0 Å². The third-order valence-corrected chi connectivity index (χ3v) is 2.73. The molecule has 0 unspecified atom stereocenters. The highest BCUT2D eigenvalue weighted by atomic mass is 16.5. The summed E-state index contributed by atoms with van der Waals surface area (Å²) >= 11 is 0. The molecule has 0 bridgehead atoms. The normalized spacial score (nSPS) is 15.6. The monoisotopic (exact) mass is 223 g/mol. The minimum Gasteiger partial charge on any atom is -0.382 e. The van der Waals surface area contributed by atoms with Gasteiger partial charge in [0, 0.05) is 38.5 Å². The second-order valence-electron chi connectivity index (χ2n) is 4.28. The van der Waals surface area contributed by atoms with Crippen LogP contribution in [0.15, 0.2) is 12.3 Å². The van der Waals surface area contributed by atoms with Gasteiger partial charge in [-0.1, -0.05) is 0 Å². The first-order valence-electron chi connectivity index (χ1n) is 6.22. The average molecular weight is 223 g/mol. The summed E-state index contributed by atoms with van der Waals surface area (Å²) in [6, 6.07) is 2.85. The van der Waals surface area contributed by atoms with E-state index in [0.717, 1.165) is 44.5 Å². The van der Waals surface area contributed by atoms with Gasteiger partial charge in [-0.2, -0.15) is 5.10 Å². The fraction of sp³-hybridized carbons (Fsp3) is 0.750. The molecular weight excluding hydrogens is 202 g/mol. The van der Waals surface area contributed by atoms with Crippen LogP contribution in [0.3, 0.4) is 0 Å². The van der Waals surface area contributed by atoms with Gasteiger partial charge in [-0.15, -0.1) is 0 Å². The molecule has 16 heavy (non-hydrogen) atoms. The number of aryl methyl sites for hydroxylation is 1. The maximum Gasteiger partial charge on any atom is 0.0762 e. The molecule has 0 radical (unpaired) electrons. The van der Waals surface area contributed by atoms with Gasteiger partial charge in [-0.25, -0.2) is 0 Å². The van der Waals surface area contributed by atoms with E-state index >= 15 is 0 Å². The Balaban J connectivity index is 1.64. The molecule has 0 saturated heterocycles. The highest BCUT2D eigenvalue weighted by Crippen LogP contribution is 2.18. The first-order valence-corrected chi connectivity index (χ1v) is 6.22. The van der Waals surface area contributed by atoms with Crippen LogP contribution in [0, 0.1) is 0 Å². The van der Waals surface area contributed by atoms with Crippen molar-refractivity contribution >= 4 is 0 Å². The molecule has 1 N–H and O–H groups in total. The maximum absolute atomic E-state index is 5.30. The van der Waals surface area contributed by atoms with Crippen LogP contribution in [0.4, 0.5) is 0 Å². The molecule has 2 rings (SSSR count). The van der Waals surface area contributed by atoms with Gasteiger partial charge >= 0.3 is 0 Å². The lowest BCUT2D eigenvalue weighted by Gasteiger charge is -2.02. The number of hydrogen-bond donors (Lipinski definition) is 1. The Morgan fingerprint density at radius 3 is 3.19 bits per heavy atom. The van der Waals surface area contributed by atoms with Crippen molar-refractivity contribution in [2.45, 2.75) is 45.3 Å². The van der Waals surface area contributed by atoms with E-state index in [9.17, 15) is 0 Å². The lowest BCUT2D eigenvalue weighted by atomic mass is 10.4. The summed E-state index contributed by atoms with van der Waals surface area (Å²) in [6.07, 6.45) is 5.74. The number of ether oxygens (including phenoxy) is 1. The van der Waals surface area contributed by atoms with Crippen molar-refractivity contribution < 1.29 is 4.74 Å². The average Bonchev–Trinajstić information content (AvgIpc) is 3.02. The van der Waals surface area contributed by atoms with Crippen molar-refractivity contribution in [3.63, 3.8) is 0 Å². The molecule has 0 aliphatic heterocycles. The van der Waals surface area contributed by atoms with E-state index in [-0.39, 0.29) is 0 Å². The molecule has 1 aliphatic rings. The minimum atomic E-state index is 0.753. The molecule has 4 nitrogen and oxygen atoms in total. The van der Waals surface area contributed by atoms with E-state index in [4.69, 9.17) is 4.74 Å². The number of nitrogens with zero attached hydrogens (tertiary/aromatic N) is 2. The molecule has 1 aromatic rings. The quantitative estimate of drug-likeness (QED) is 0.680. The Hall–Kier alpha value is -0.870. The number of hydrogen-bond acceptors (Lipinski definition) is 3. The zero-order chi connectivity index (χ0) is 11.2. The third-order valence-electron chi connectivity index (χ3n) is 2.73. The largest absolute Gasteiger partial charge is 0.382 e. The zero-order valence-electron chi connectivity index (χ0n) is 9.98. The van der Waals surface area contributed by atoms with Crippen LogP contribution in [0.5, 0.6) is 0 Å². The third kappa shape index (κ3) is 3.94. The molecule has 1 aliphatic carbocycles. The summed E-state index contributed by atoms with van der Waals surface area (Å²) in [4.78, 5) is 0. The van der Waals surface area contributed by atoms with Crippen molar-refractivity contribution in [3.8, 4) is 0 Å². The second kappa shape index (κ2) is 6.01. The molecule has 90 valence electrons. The molecule has 0 amide bonds. The Labute approximate surface area is 97.0 Å². The van der Waals surface area contributed by atoms with Gasteiger partial charge in [0.2, 0.25) is 0 Å². The van der Waals surface area contributed by atoms with Crippen LogP contribution >= 0.6 is 0 Å². The van der Waals surface area contributed by atoms with Crippen LogP contribution in [-0.2, 0) is 17.8 Å². The fourth-order valence-electron chi connectivity index (χ4n) is 1.63. The maximum atomic E-state index is 5.30. The highest BCUT2D eigenvalue weighted by molar-refractivity contribution is 4.99. The van der Waals surface area contributed by atoms with E-state index in [0.29, 0.717) is 0 Å². The molecule has 4 heteroatoms. The Morgan fingerprint density at radius 2 is 2.44 bits per heavy atom. The molecule has 0 aromatic carbocycles. The van der Waals surface area contributed by atoms with Crippen LogP contribution in [0.2, 0.25) is 0 Å². The topological polar surface area (TPSA) is 39.1 Å². The predicted octanol–water partition coefficient (Wildman–Crippen LogP) is 1.56.